The third-order valence-electron chi connectivity index (χ3n) is 2.76. The predicted molar refractivity (Wildman–Crippen MR) is 79.4 cm³/mol. The number of carbonyl (C=O) groups is 1. The predicted octanol–water partition coefficient (Wildman–Crippen LogP) is 2.03. The van der Waals surface area contributed by atoms with Gasteiger partial charge in [-0.1, -0.05) is 23.9 Å². The highest BCUT2D eigenvalue weighted by molar-refractivity contribution is 8.22. The molecule has 0 saturated heterocycles. The molecule has 1 unspecified atom stereocenters. The summed E-state index contributed by atoms with van der Waals surface area (Å²) in [4.78, 5) is 12.0. The van der Waals surface area contributed by atoms with Gasteiger partial charge in [-0.2, -0.15) is 0 Å². The Balaban J connectivity index is 2.22. The van der Waals surface area contributed by atoms with Crippen molar-refractivity contribution in [3.63, 3.8) is 0 Å². The highest BCUT2D eigenvalue weighted by Crippen LogP contribution is 2.35. The average molecular weight is 314 g/mol. The number of para-hydroxylation sites is 2. The van der Waals surface area contributed by atoms with Crippen molar-refractivity contribution in [3.8, 4) is 11.5 Å². The molecule has 0 N–H and O–H groups in total. The SMILES string of the molecule is COC(=O)C1(COC(=S)SC)COc2ccccc2O1. The molecule has 0 aliphatic carbocycles. The van der Waals surface area contributed by atoms with Crippen molar-refractivity contribution in [2.45, 2.75) is 5.60 Å². The minimum absolute atomic E-state index is 0.00762. The van der Waals surface area contributed by atoms with Gasteiger partial charge in [-0.05, 0) is 30.6 Å². The minimum Gasteiger partial charge on any atom is -0.485 e. The summed E-state index contributed by atoms with van der Waals surface area (Å²) in [5, 5.41) is 0. The summed E-state index contributed by atoms with van der Waals surface area (Å²) in [6.07, 6.45) is 1.79. The standard InChI is InChI=1S/C13H14O5S2/c1-15-11(14)13(8-17-12(19)20-2)7-16-9-5-3-4-6-10(9)18-13/h3-6H,7-8H2,1-2H3. The van der Waals surface area contributed by atoms with Crippen LogP contribution in [0, 0.1) is 0 Å². The molecule has 1 aromatic carbocycles. The lowest BCUT2D eigenvalue weighted by Crippen LogP contribution is -2.56. The monoisotopic (exact) mass is 314 g/mol. The van der Waals surface area contributed by atoms with E-state index in [0.717, 1.165) is 0 Å². The van der Waals surface area contributed by atoms with Gasteiger partial charge in [0.05, 0.1) is 7.11 Å². The smallest absolute Gasteiger partial charge is 0.357 e. The van der Waals surface area contributed by atoms with E-state index in [1.165, 1.54) is 18.9 Å². The zero-order valence-electron chi connectivity index (χ0n) is 11.1. The Morgan fingerprint density at radius 1 is 1.45 bits per heavy atom. The highest BCUT2D eigenvalue weighted by Gasteiger charge is 2.48. The van der Waals surface area contributed by atoms with Crippen molar-refractivity contribution < 1.29 is 23.7 Å². The summed E-state index contributed by atoms with van der Waals surface area (Å²) < 4.78 is 21.8. The van der Waals surface area contributed by atoms with Crippen LogP contribution in [0.1, 0.15) is 0 Å². The van der Waals surface area contributed by atoms with Crippen LogP contribution < -0.4 is 9.47 Å². The molecule has 0 aromatic heterocycles. The third kappa shape index (κ3) is 2.99. The lowest BCUT2D eigenvalue weighted by Gasteiger charge is -2.35. The van der Waals surface area contributed by atoms with Crippen LogP contribution in [0.2, 0.25) is 0 Å². The van der Waals surface area contributed by atoms with Crippen LogP contribution in [-0.4, -0.2) is 42.5 Å². The maximum absolute atomic E-state index is 12.0. The topological polar surface area (TPSA) is 54.0 Å². The summed E-state index contributed by atoms with van der Waals surface area (Å²) in [6, 6.07) is 7.11. The van der Waals surface area contributed by atoms with Gasteiger partial charge in [-0.3, -0.25) is 0 Å². The van der Waals surface area contributed by atoms with E-state index in [9.17, 15) is 4.79 Å². The van der Waals surface area contributed by atoms with Crippen LogP contribution in [0.15, 0.2) is 24.3 Å². The molecule has 108 valence electrons. The van der Waals surface area contributed by atoms with E-state index < -0.39 is 11.6 Å². The second-order valence-electron chi connectivity index (χ2n) is 4.07. The fourth-order valence-corrected chi connectivity index (χ4v) is 1.97. The van der Waals surface area contributed by atoms with Crippen LogP contribution in [0.5, 0.6) is 11.5 Å². The van der Waals surface area contributed by atoms with Crippen molar-refractivity contribution in [2.75, 3.05) is 26.6 Å². The van der Waals surface area contributed by atoms with Gasteiger partial charge >= 0.3 is 5.97 Å². The lowest BCUT2D eigenvalue weighted by atomic mass is 10.1. The second kappa shape index (κ2) is 6.32. The number of thiocarbonyl (C=S) groups is 1. The molecule has 0 spiro atoms. The van der Waals surface area contributed by atoms with Gasteiger partial charge in [0.25, 0.3) is 5.60 Å². The molecule has 0 amide bonds. The number of hydrogen-bond donors (Lipinski definition) is 0. The molecule has 1 heterocycles. The van der Waals surface area contributed by atoms with E-state index in [1.807, 2.05) is 6.07 Å². The Labute approximate surface area is 126 Å². The van der Waals surface area contributed by atoms with Gasteiger partial charge < -0.3 is 18.9 Å². The zero-order valence-corrected chi connectivity index (χ0v) is 12.7. The molecular weight excluding hydrogens is 300 g/mol. The van der Waals surface area contributed by atoms with E-state index in [2.05, 4.69) is 0 Å². The molecule has 1 aliphatic heterocycles. The zero-order chi connectivity index (χ0) is 14.6. The van der Waals surface area contributed by atoms with Crippen LogP contribution >= 0.6 is 24.0 Å². The molecule has 1 aliphatic rings. The molecule has 1 atom stereocenters. The molecule has 2 rings (SSSR count). The van der Waals surface area contributed by atoms with Gasteiger partial charge in [0.2, 0.25) is 4.38 Å². The van der Waals surface area contributed by atoms with Crippen molar-refractivity contribution in [1.29, 1.82) is 0 Å². The first-order chi connectivity index (χ1) is 9.61. The van der Waals surface area contributed by atoms with Crippen molar-refractivity contribution >= 4 is 34.3 Å². The number of carbonyl (C=O) groups excluding carboxylic acids is 1. The highest BCUT2D eigenvalue weighted by atomic mass is 32.2. The summed E-state index contributed by atoms with van der Waals surface area (Å²) in [7, 11) is 1.29. The Morgan fingerprint density at radius 3 is 2.80 bits per heavy atom. The third-order valence-corrected chi connectivity index (χ3v) is 3.83. The minimum atomic E-state index is -1.34. The summed E-state index contributed by atoms with van der Waals surface area (Å²) >= 11 is 6.24. The van der Waals surface area contributed by atoms with Gasteiger partial charge in [-0.25, -0.2) is 4.79 Å². The van der Waals surface area contributed by atoms with Crippen molar-refractivity contribution in [2.24, 2.45) is 0 Å². The lowest BCUT2D eigenvalue weighted by molar-refractivity contribution is -0.168. The van der Waals surface area contributed by atoms with E-state index in [0.29, 0.717) is 15.9 Å². The number of rotatable bonds is 3. The Kier molecular flexibility index (Phi) is 4.72. The molecule has 0 radical (unpaired) electrons. The van der Waals surface area contributed by atoms with Crippen LogP contribution in [-0.2, 0) is 14.3 Å². The maximum Gasteiger partial charge on any atom is 0.357 e. The molecule has 7 heteroatoms. The first-order valence-corrected chi connectivity index (χ1v) is 7.44. The van der Waals surface area contributed by atoms with Crippen LogP contribution in [0.25, 0.3) is 0 Å². The molecule has 20 heavy (non-hydrogen) atoms. The fourth-order valence-electron chi connectivity index (χ4n) is 1.74. The quantitative estimate of drug-likeness (QED) is 0.625. The number of hydrogen-bond acceptors (Lipinski definition) is 7. The molecular formula is C13H14O5S2. The molecule has 1 aromatic rings. The number of thioether (sulfide) groups is 1. The second-order valence-corrected chi connectivity index (χ2v) is 5.47. The van der Waals surface area contributed by atoms with E-state index in [1.54, 1.807) is 24.5 Å². The fraction of sp³-hybridized carbons (Fsp3) is 0.385. The van der Waals surface area contributed by atoms with Crippen LogP contribution in [0.4, 0.5) is 0 Å². The van der Waals surface area contributed by atoms with Gasteiger partial charge in [0.15, 0.2) is 11.5 Å². The number of benzene rings is 1. The Hall–Kier alpha value is -1.47. The summed E-state index contributed by atoms with van der Waals surface area (Å²) in [5.41, 5.74) is -1.34. The first kappa shape index (κ1) is 14.9. The molecule has 0 fully saturated rings. The number of methoxy groups -OCH3 is 1. The van der Waals surface area contributed by atoms with Crippen molar-refractivity contribution in [1.82, 2.24) is 0 Å². The Bertz CT molecular complexity index is 519. The van der Waals surface area contributed by atoms with E-state index in [-0.39, 0.29) is 13.2 Å². The number of fused-ring (bicyclic) bond motifs is 1. The number of esters is 1. The molecule has 0 bridgehead atoms. The van der Waals surface area contributed by atoms with Gasteiger partial charge in [-0.15, -0.1) is 0 Å². The molecule has 5 nitrogen and oxygen atoms in total. The summed E-state index contributed by atoms with van der Waals surface area (Å²) in [6.45, 7) is -0.0542. The Morgan fingerprint density at radius 2 is 2.15 bits per heavy atom. The normalized spacial score (nSPS) is 20.1. The van der Waals surface area contributed by atoms with Crippen LogP contribution in [0.3, 0.4) is 0 Å². The molecule has 0 saturated carbocycles. The first-order valence-electron chi connectivity index (χ1n) is 5.81. The van der Waals surface area contributed by atoms with Crippen molar-refractivity contribution in [3.05, 3.63) is 24.3 Å². The van der Waals surface area contributed by atoms with Gasteiger partial charge in [0.1, 0.15) is 13.2 Å². The summed E-state index contributed by atoms with van der Waals surface area (Å²) in [5.74, 6) is 0.498. The number of ether oxygens (including phenoxy) is 4. The maximum atomic E-state index is 12.0. The van der Waals surface area contributed by atoms with E-state index in [4.69, 9.17) is 31.2 Å². The van der Waals surface area contributed by atoms with Gasteiger partial charge in [0, 0.05) is 0 Å². The largest absolute Gasteiger partial charge is 0.485 e. The average Bonchev–Trinajstić information content (AvgIpc) is 2.51. The van der Waals surface area contributed by atoms with E-state index >= 15 is 0 Å².